The highest BCUT2D eigenvalue weighted by Gasteiger charge is 2.52. The van der Waals surface area contributed by atoms with Crippen molar-refractivity contribution >= 4 is 18.5 Å². The number of amides is 1. The molecule has 1 amide bonds. The van der Waals surface area contributed by atoms with Crippen molar-refractivity contribution in [1.29, 1.82) is 0 Å². The molecule has 5 nitrogen and oxygen atoms in total. The lowest BCUT2D eigenvalue weighted by molar-refractivity contribution is 0.00578. The molecule has 1 aliphatic heterocycles. The largest absolute Gasteiger partial charge is 0.496 e. The summed E-state index contributed by atoms with van der Waals surface area (Å²) in [5.74, 6) is 0.119. The Hall–Kier alpha value is -1.27. The molecule has 2 heterocycles. The molecule has 0 saturated carbocycles. The number of nitrogens with zero attached hydrogens (tertiary/aromatic N) is 2. The first-order chi connectivity index (χ1) is 14.1. The minimum Gasteiger partial charge on any atom is -0.399 e. The number of rotatable bonds is 12. The molecule has 0 aromatic carbocycles. The minimum absolute atomic E-state index is 0.119. The third-order valence-corrected chi connectivity index (χ3v) is 6.62. The maximum Gasteiger partial charge on any atom is 0.496 e. The molecule has 0 spiro atoms. The Kier molecular flexibility index (Phi) is 9.05. The molecule has 6 heteroatoms. The van der Waals surface area contributed by atoms with Crippen molar-refractivity contribution in [2.45, 2.75) is 104 Å². The van der Waals surface area contributed by atoms with Gasteiger partial charge in [-0.1, -0.05) is 52.4 Å². The third-order valence-electron chi connectivity index (χ3n) is 6.62. The smallest absolute Gasteiger partial charge is 0.399 e. The Bertz CT molecular complexity index is 656. The summed E-state index contributed by atoms with van der Waals surface area (Å²) in [5, 5.41) is 0. The lowest BCUT2D eigenvalue weighted by Crippen LogP contribution is -2.41. The molecule has 170 valence electrons. The summed E-state index contributed by atoms with van der Waals surface area (Å²) in [6.45, 7) is 14.3. The van der Waals surface area contributed by atoms with E-state index in [1.165, 1.54) is 38.5 Å². The minimum atomic E-state index is -0.440. The number of hydrogen-bond acceptors (Lipinski definition) is 3. The normalized spacial score (nSPS) is 17.5. The van der Waals surface area contributed by atoms with Gasteiger partial charge in [-0.3, -0.25) is 4.79 Å². The molecule has 0 N–H and O–H groups in total. The fourth-order valence-electron chi connectivity index (χ4n) is 3.85. The Balaban J connectivity index is 2.11. The molecular weight excluding hydrogens is 375 g/mol. The van der Waals surface area contributed by atoms with Gasteiger partial charge in [-0.15, -0.1) is 0 Å². The van der Waals surface area contributed by atoms with Gasteiger partial charge in [-0.2, -0.15) is 0 Å². The first-order valence-corrected chi connectivity index (χ1v) is 11.9. The summed E-state index contributed by atoms with van der Waals surface area (Å²) in [7, 11) is 1.50. The molecule has 1 aromatic heterocycles. The monoisotopic (exact) mass is 418 g/mol. The standard InChI is InChI=1S/C24H43BN2O3/c1-8-10-12-14-16-27(17-15-13-11-9-2)22(28)21-18-20(19-26(21)7)25-29-23(3,4)24(5,6)30-25/h18-19H,8-17H2,1-7H3. The van der Waals surface area contributed by atoms with Gasteiger partial charge in [0.15, 0.2) is 0 Å². The van der Waals surface area contributed by atoms with Crippen LogP contribution >= 0.6 is 0 Å². The molecule has 2 rings (SSSR count). The SMILES string of the molecule is CCCCCCN(CCCCCC)C(=O)c1cc(B2OC(C)(C)C(C)(C)O2)cn1C. The second kappa shape index (κ2) is 10.9. The van der Waals surface area contributed by atoms with Gasteiger partial charge in [0.1, 0.15) is 5.69 Å². The number of carbonyl (C=O) groups is 1. The number of aryl methyl sites for hydroxylation is 1. The van der Waals surface area contributed by atoms with Gasteiger partial charge < -0.3 is 18.8 Å². The van der Waals surface area contributed by atoms with Crippen LogP contribution in [-0.2, 0) is 16.4 Å². The van der Waals surface area contributed by atoms with E-state index in [2.05, 4.69) is 46.4 Å². The summed E-state index contributed by atoms with van der Waals surface area (Å²) in [6.07, 6.45) is 11.4. The highest BCUT2D eigenvalue weighted by atomic mass is 16.7. The maximum atomic E-state index is 13.4. The quantitative estimate of drug-likeness (QED) is 0.357. The molecule has 0 bridgehead atoms. The fraction of sp³-hybridized carbons (Fsp3) is 0.792. The van der Waals surface area contributed by atoms with Gasteiger partial charge in [-0.05, 0) is 46.6 Å². The van der Waals surface area contributed by atoms with Gasteiger partial charge in [0.2, 0.25) is 0 Å². The molecule has 1 aliphatic rings. The van der Waals surface area contributed by atoms with E-state index >= 15 is 0 Å². The predicted octanol–water partition coefficient (Wildman–Crippen LogP) is 4.93. The van der Waals surface area contributed by atoms with Crippen molar-refractivity contribution in [1.82, 2.24) is 9.47 Å². The average Bonchev–Trinajstić information content (AvgIpc) is 3.16. The van der Waals surface area contributed by atoms with Crippen molar-refractivity contribution < 1.29 is 14.1 Å². The summed E-state index contributed by atoms with van der Waals surface area (Å²) in [4.78, 5) is 15.4. The van der Waals surface area contributed by atoms with Crippen LogP contribution in [0.1, 0.15) is 103 Å². The van der Waals surface area contributed by atoms with Crippen LogP contribution in [0.2, 0.25) is 0 Å². The van der Waals surface area contributed by atoms with Gasteiger partial charge >= 0.3 is 7.12 Å². The Morgan fingerprint density at radius 3 is 1.90 bits per heavy atom. The Morgan fingerprint density at radius 2 is 1.43 bits per heavy atom. The van der Waals surface area contributed by atoms with Crippen LogP contribution in [-0.4, -0.2) is 46.8 Å². The zero-order valence-electron chi connectivity index (χ0n) is 20.4. The van der Waals surface area contributed by atoms with Crippen LogP contribution < -0.4 is 5.46 Å². The van der Waals surface area contributed by atoms with Gasteiger partial charge in [0.25, 0.3) is 5.91 Å². The fourth-order valence-corrected chi connectivity index (χ4v) is 3.85. The summed E-state index contributed by atoms with van der Waals surface area (Å²) < 4.78 is 14.3. The molecule has 1 aromatic rings. The van der Waals surface area contributed by atoms with Crippen LogP contribution in [0.25, 0.3) is 0 Å². The molecule has 0 atom stereocenters. The Labute approximate surface area is 184 Å². The van der Waals surface area contributed by atoms with E-state index < -0.39 is 7.12 Å². The number of carbonyl (C=O) groups excluding carboxylic acids is 1. The van der Waals surface area contributed by atoms with Crippen molar-refractivity contribution in [2.24, 2.45) is 7.05 Å². The van der Waals surface area contributed by atoms with Crippen LogP contribution in [0.15, 0.2) is 12.3 Å². The summed E-state index contributed by atoms with van der Waals surface area (Å²) in [6, 6.07) is 1.95. The van der Waals surface area contributed by atoms with Crippen LogP contribution in [0.3, 0.4) is 0 Å². The second-order valence-electron chi connectivity index (χ2n) is 9.77. The Morgan fingerprint density at radius 1 is 0.933 bits per heavy atom. The summed E-state index contributed by atoms with van der Waals surface area (Å²) in [5.41, 5.74) is 0.854. The molecule has 30 heavy (non-hydrogen) atoms. The van der Waals surface area contributed by atoms with Crippen molar-refractivity contribution in [3.05, 3.63) is 18.0 Å². The van der Waals surface area contributed by atoms with Crippen molar-refractivity contribution in [2.75, 3.05) is 13.1 Å². The van der Waals surface area contributed by atoms with E-state index in [0.717, 1.165) is 31.4 Å². The average molecular weight is 418 g/mol. The first-order valence-electron chi connectivity index (χ1n) is 11.9. The number of hydrogen-bond donors (Lipinski definition) is 0. The molecule has 0 radical (unpaired) electrons. The highest BCUT2D eigenvalue weighted by molar-refractivity contribution is 6.62. The molecule has 0 aliphatic carbocycles. The highest BCUT2D eigenvalue weighted by Crippen LogP contribution is 2.36. The summed E-state index contributed by atoms with van der Waals surface area (Å²) >= 11 is 0. The molecule has 1 fully saturated rings. The maximum absolute atomic E-state index is 13.4. The molecule has 0 unspecified atom stereocenters. The van der Waals surface area contributed by atoms with Crippen molar-refractivity contribution in [3.8, 4) is 0 Å². The van der Waals surface area contributed by atoms with E-state index in [9.17, 15) is 4.79 Å². The molecule has 1 saturated heterocycles. The lowest BCUT2D eigenvalue weighted by Gasteiger charge is -2.32. The first kappa shape index (κ1) is 25.0. The third kappa shape index (κ3) is 6.13. The van der Waals surface area contributed by atoms with Crippen LogP contribution in [0, 0.1) is 0 Å². The van der Waals surface area contributed by atoms with Crippen LogP contribution in [0.4, 0.5) is 0 Å². The zero-order valence-corrected chi connectivity index (χ0v) is 20.4. The van der Waals surface area contributed by atoms with Crippen LogP contribution in [0.5, 0.6) is 0 Å². The second-order valence-corrected chi connectivity index (χ2v) is 9.77. The van der Waals surface area contributed by atoms with Gasteiger partial charge in [0, 0.05) is 31.8 Å². The van der Waals surface area contributed by atoms with E-state index in [4.69, 9.17) is 9.31 Å². The predicted molar refractivity (Wildman–Crippen MR) is 125 cm³/mol. The van der Waals surface area contributed by atoms with Gasteiger partial charge in [-0.25, -0.2) is 0 Å². The number of aromatic nitrogens is 1. The van der Waals surface area contributed by atoms with Gasteiger partial charge in [0.05, 0.1) is 11.2 Å². The van der Waals surface area contributed by atoms with E-state index in [1.807, 2.05) is 23.9 Å². The van der Waals surface area contributed by atoms with E-state index in [-0.39, 0.29) is 17.1 Å². The lowest BCUT2D eigenvalue weighted by atomic mass is 9.81. The van der Waals surface area contributed by atoms with E-state index in [0.29, 0.717) is 5.69 Å². The topological polar surface area (TPSA) is 43.7 Å². The molecular formula is C24H43BN2O3. The number of unbranched alkanes of at least 4 members (excludes halogenated alkanes) is 6. The van der Waals surface area contributed by atoms with Crippen molar-refractivity contribution in [3.63, 3.8) is 0 Å². The zero-order chi connectivity index (χ0) is 22.4. The van der Waals surface area contributed by atoms with E-state index in [1.54, 1.807) is 0 Å².